The van der Waals surface area contributed by atoms with Crippen LogP contribution < -0.4 is 5.32 Å². The SMILES string of the molecule is C=C1CCNC2(CCc3cc(C(=O)OC)ccc32)C1. The number of aryl methyl sites for hydroxylation is 1. The van der Waals surface area contributed by atoms with Crippen LogP contribution in [-0.2, 0) is 16.7 Å². The quantitative estimate of drug-likeness (QED) is 0.620. The van der Waals surface area contributed by atoms with Gasteiger partial charge in [0, 0.05) is 5.54 Å². The molecule has 2 aliphatic rings. The first-order valence-corrected chi connectivity index (χ1v) is 6.78. The normalized spacial score (nSPS) is 25.4. The Labute approximate surface area is 113 Å². The molecule has 3 heteroatoms. The van der Waals surface area contributed by atoms with Gasteiger partial charge in [-0.1, -0.05) is 18.2 Å². The van der Waals surface area contributed by atoms with Gasteiger partial charge in [-0.2, -0.15) is 0 Å². The van der Waals surface area contributed by atoms with Gasteiger partial charge in [0.2, 0.25) is 0 Å². The molecular weight excluding hydrogens is 238 g/mol. The van der Waals surface area contributed by atoms with E-state index in [1.165, 1.54) is 23.8 Å². The summed E-state index contributed by atoms with van der Waals surface area (Å²) >= 11 is 0. The number of ether oxygens (including phenoxy) is 1. The van der Waals surface area contributed by atoms with Crippen molar-refractivity contribution in [3.63, 3.8) is 0 Å². The molecule has 1 N–H and O–H groups in total. The minimum absolute atomic E-state index is 0.0549. The van der Waals surface area contributed by atoms with Crippen LogP contribution in [0.4, 0.5) is 0 Å². The number of carbonyl (C=O) groups excluding carboxylic acids is 1. The van der Waals surface area contributed by atoms with Crippen molar-refractivity contribution >= 4 is 5.97 Å². The van der Waals surface area contributed by atoms with Gasteiger partial charge in [0.05, 0.1) is 12.7 Å². The Morgan fingerprint density at radius 1 is 1.42 bits per heavy atom. The van der Waals surface area contributed by atoms with Crippen molar-refractivity contribution in [1.82, 2.24) is 5.32 Å². The molecular formula is C16H19NO2. The number of hydrogen-bond acceptors (Lipinski definition) is 3. The van der Waals surface area contributed by atoms with E-state index in [1.54, 1.807) is 0 Å². The molecule has 0 amide bonds. The van der Waals surface area contributed by atoms with Crippen LogP contribution >= 0.6 is 0 Å². The molecule has 1 heterocycles. The molecule has 1 fully saturated rings. The molecule has 1 aliphatic heterocycles. The summed E-state index contributed by atoms with van der Waals surface area (Å²) in [7, 11) is 1.42. The van der Waals surface area contributed by atoms with Crippen LogP contribution in [0.3, 0.4) is 0 Å². The van der Waals surface area contributed by atoms with E-state index in [0.717, 1.165) is 32.2 Å². The number of esters is 1. The summed E-state index contributed by atoms with van der Waals surface area (Å²) in [5.41, 5.74) is 4.63. The lowest BCUT2D eigenvalue weighted by atomic mass is 9.81. The lowest BCUT2D eigenvalue weighted by molar-refractivity contribution is 0.0600. The highest BCUT2D eigenvalue weighted by Crippen LogP contribution is 2.43. The molecule has 1 unspecified atom stereocenters. The summed E-state index contributed by atoms with van der Waals surface area (Å²) in [4.78, 5) is 11.6. The summed E-state index contributed by atoms with van der Waals surface area (Å²) in [5, 5.41) is 3.67. The van der Waals surface area contributed by atoms with E-state index in [0.29, 0.717) is 5.56 Å². The number of hydrogen-bond donors (Lipinski definition) is 1. The first-order valence-electron chi connectivity index (χ1n) is 6.78. The zero-order chi connectivity index (χ0) is 13.5. The standard InChI is InChI=1S/C16H19NO2/c1-11-6-8-17-16(10-11)7-5-12-9-13(15(18)19-2)3-4-14(12)16/h3-4,9,17H,1,5-8,10H2,2H3. The predicted octanol–water partition coefficient (Wildman–Crippen LogP) is 2.55. The summed E-state index contributed by atoms with van der Waals surface area (Å²) in [5.74, 6) is -0.259. The number of piperidine rings is 1. The summed E-state index contributed by atoms with van der Waals surface area (Å²) in [6.45, 7) is 5.15. The Morgan fingerprint density at radius 2 is 2.26 bits per heavy atom. The van der Waals surface area contributed by atoms with Crippen molar-refractivity contribution in [3.05, 3.63) is 47.0 Å². The van der Waals surface area contributed by atoms with Crippen molar-refractivity contribution in [2.24, 2.45) is 0 Å². The number of nitrogens with one attached hydrogen (secondary N) is 1. The zero-order valence-corrected chi connectivity index (χ0v) is 11.3. The van der Waals surface area contributed by atoms with Gasteiger partial charge in [-0.3, -0.25) is 0 Å². The fourth-order valence-corrected chi connectivity index (χ4v) is 3.42. The minimum Gasteiger partial charge on any atom is -0.465 e. The van der Waals surface area contributed by atoms with Crippen molar-refractivity contribution in [2.75, 3.05) is 13.7 Å². The van der Waals surface area contributed by atoms with Crippen molar-refractivity contribution in [1.29, 1.82) is 0 Å². The molecule has 100 valence electrons. The molecule has 3 nitrogen and oxygen atoms in total. The maximum atomic E-state index is 11.6. The van der Waals surface area contributed by atoms with E-state index in [-0.39, 0.29) is 11.5 Å². The van der Waals surface area contributed by atoms with Gasteiger partial charge < -0.3 is 10.1 Å². The smallest absolute Gasteiger partial charge is 0.337 e. The largest absolute Gasteiger partial charge is 0.465 e. The third-order valence-corrected chi connectivity index (χ3v) is 4.36. The fraction of sp³-hybridized carbons (Fsp3) is 0.438. The van der Waals surface area contributed by atoms with E-state index < -0.39 is 0 Å². The highest BCUT2D eigenvalue weighted by atomic mass is 16.5. The van der Waals surface area contributed by atoms with E-state index in [4.69, 9.17) is 4.74 Å². The lowest BCUT2D eigenvalue weighted by Gasteiger charge is -2.37. The van der Waals surface area contributed by atoms with Gasteiger partial charge in [0.1, 0.15) is 0 Å². The first kappa shape index (κ1) is 12.4. The Hall–Kier alpha value is -1.61. The van der Waals surface area contributed by atoms with Gasteiger partial charge in [-0.25, -0.2) is 4.79 Å². The molecule has 1 aromatic carbocycles. The number of benzene rings is 1. The molecule has 1 aromatic rings. The highest BCUT2D eigenvalue weighted by molar-refractivity contribution is 5.89. The van der Waals surface area contributed by atoms with Crippen molar-refractivity contribution < 1.29 is 9.53 Å². The number of methoxy groups -OCH3 is 1. The number of fused-ring (bicyclic) bond motifs is 2. The molecule has 0 bridgehead atoms. The van der Waals surface area contributed by atoms with Gasteiger partial charge >= 0.3 is 5.97 Å². The van der Waals surface area contributed by atoms with Gasteiger partial charge in [0.25, 0.3) is 0 Å². The highest BCUT2D eigenvalue weighted by Gasteiger charge is 2.40. The minimum atomic E-state index is -0.259. The molecule has 3 rings (SSSR count). The van der Waals surface area contributed by atoms with Crippen molar-refractivity contribution in [2.45, 2.75) is 31.2 Å². The van der Waals surface area contributed by atoms with Crippen LogP contribution in [0.15, 0.2) is 30.4 Å². The third kappa shape index (κ3) is 1.98. The average molecular weight is 257 g/mol. The maximum absolute atomic E-state index is 11.6. The Kier molecular flexibility index (Phi) is 2.94. The van der Waals surface area contributed by atoms with Gasteiger partial charge in [-0.05, 0) is 55.5 Å². The molecule has 0 saturated carbocycles. The lowest BCUT2D eigenvalue weighted by Crippen LogP contribution is -2.44. The van der Waals surface area contributed by atoms with Crippen LogP contribution in [0.25, 0.3) is 0 Å². The fourth-order valence-electron chi connectivity index (χ4n) is 3.42. The van der Waals surface area contributed by atoms with E-state index >= 15 is 0 Å². The molecule has 19 heavy (non-hydrogen) atoms. The average Bonchev–Trinajstić information content (AvgIpc) is 2.76. The monoisotopic (exact) mass is 257 g/mol. The van der Waals surface area contributed by atoms with Crippen molar-refractivity contribution in [3.8, 4) is 0 Å². The zero-order valence-electron chi connectivity index (χ0n) is 11.3. The first-order chi connectivity index (χ1) is 9.14. The molecule has 1 atom stereocenters. The third-order valence-electron chi connectivity index (χ3n) is 4.36. The summed E-state index contributed by atoms with van der Waals surface area (Å²) in [6, 6.07) is 5.94. The molecule has 0 radical (unpaired) electrons. The Morgan fingerprint density at radius 3 is 3.00 bits per heavy atom. The van der Waals surface area contributed by atoms with E-state index in [2.05, 4.69) is 18.0 Å². The Balaban J connectivity index is 1.97. The van der Waals surface area contributed by atoms with Crippen LogP contribution in [0, 0.1) is 0 Å². The van der Waals surface area contributed by atoms with Crippen LogP contribution in [0.2, 0.25) is 0 Å². The predicted molar refractivity (Wildman–Crippen MR) is 74.2 cm³/mol. The molecule has 1 saturated heterocycles. The number of carbonyl (C=O) groups is 1. The topological polar surface area (TPSA) is 38.3 Å². The number of rotatable bonds is 1. The second-order valence-electron chi connectivity index (χ2n) is 5.55. The summed E-state index contributed by atoms with van der Waals surface area (Å²) < 4.78 is 4.78. The Bertz CT molecular complexity index is 550. The van der Waals surface area contributed by atoms with E-state index in [1.807, 2.05) is 12.1 Å². The molecule has 1 aliphatic carbocycles. The van der Waals surface area contributed by atoms with Crippen LogP contribution in [-0.4, -0.2) is 19.6 Å². The molecule has 0 aromatic heterocycles. The van der Waals surface area contributed by atoms with Gasteiger partial charge in [0.15, 0.2) is 0 Å². The second-order valence-corrected chi connectivity index (χ2v) is 5.55. The van der Waals surface area contributed by atoms with Crippen LogP contribution in [0.5, 0.6) is 0 Å². The summed E-state index contributed by atoms with van der Waals surface area (Å²) in [6.07, 6.45) is 4.18. The van der Waals surface area contributed by atoms with E-state index in [9.17, 15) is 4.79 Å². The van der Waals surface area contributed by atoms with Crippen LogP contribution in [0.1, 0.15) is 40.7 Å². The second kappa shape index (κ2) is 4.49. The van der Waals surface area contributed by atoms with Gasteiger partial charge in [-0.15, -0.1) is 0 Å². The molecule has 1 spiro atoms. The maximum Gasteiger partial charge on any atom is 0.337 e.